The zero-order chi connectivity index (χ0) is 14.7. The first kappa shape index (κ1) is 15.9. The highest BCUT2D eigenvalue weighted by Gasteiger charge is 2.30. The molecule has 0 heterocycles. The summed E-state index contributed by atoms with van der Waals surface area (Å²) < 4.78 is 0. The molecule has 106 valence electrons. The predicted octanol–water partition coefficient (Wildman–Crippen LogP) is 3.87. The summed E-state index contributed by atoms with van der Waals surface area (Å²) in [6.45, 7) is 12.5. The van der Waals surface area contributed by atoms with E-state index in [2.05, 4.69) is 32.7 Å². The Bertz CT molecular complexity index is 415. The highest BCUT2D eigenvalue weighted by molar-refractivity contribution is 6.00. The highest BCUT2D eigenvalue weighted by Crippen LogP contribution is 2.24. The molecule has 0 amide bonds. The first-order chi connectivity index (χ1) is 8.62. The monoisotopic (exact) mass is 261 g/mol. The van der Waals surface area contributed by atoms with Gasteiger partial charge in [-0.3, -0.25) is 4.79 Å². The minimum absolute atomic E-state index is 0.217. The van der Waals surface area contributed by atoms with Crippen molar-refractivity contribution in [2.45, 2.75) is 34.6 Å². The number of rotatable bonds is 5. The Balaban J connectivity index is 2.73. The molecule has 2 heteroatoms. The molecule has 0 radical (unpaired) electrons. The van der Waals surface area contributed by atoms with Gasteiger partial charge in [0.25, 0.3) is 0 Å². The largest absolute Gasteiger partial charge is 0.305 e. The van der Waals surface area contributed by atoms with Crippen molar-refractivity contribution in [3.05, 3.63) is 35.9 Å². The lowest BCUT2D eigenvalue weighted by Crippen LogP contribution is -2.40. The van der Waals surface area contributed by atoms with E-state index in [-0.39, 0.29) is 16.6 Å². The smallest absolute Gasteiger partial charge is 0.169 e. The van der Waals surface area contributed by atoms with Crippen LogP contribution < -0.4 is 0 Å². The molecule has 0 aliphatic carbocycles. The van der Waals surface area contributed by atoms with E-state index in [1.165, 1.54) is 0 Å². The number of carbonyl (C=O) groups excluding carboxylic acids is 1. The summed E-state index contributed by atoms with van der Waals surface area (Å²) in [6, 6.07) is 9.57. The van der Waals surface area contributed by atoms with E-state index in [1.54, 1.807) is 0 Å². The minimum atomic E-state index is -0.360. The van der Waals surface area contributed by atoms with Crippen molar-refractivity contribution in [1.29, 1.82) is 0 Å². The van der Waals surface area contributed by atoms with E-state index in [0.717, 1.165) is 18.7 Å². The van der Waals surface area contributed by atoms with E-state index in [9.17, 15) is 4.79 Å². The number of hydrogen-bond acceptors (Lipinski definition) is 2. The summed E-state index contributed by atoms with van der Waals surface area (Å²) in [4.78, 5) is 14.8. The van der Waals surface area contributed by atoms with E-state index in [1.807, 2.05) is 44.2 Å². The molecular weight excluding hydrogens is 234 g/mol. The minimum Gasteiger partial charge on any atom is -0.305 e. The van der Waals surface area contributed by atoms with Crippen LogP contribution in [0.2, 0.25) is 0 Å². The molecule has 0 aliphatic rings. The van der Waals surface area contributed by atoms with Gasteiger partial charge >= 0.3 is 0 Å². The summed E-state index contributed by atoms with van der Waals surface area (Å²) in [5.74, 6) is 0.217. The van der Waals surface area contributed by atoms with Crippen molar-refractivity contribution in [3.63, 3.8) is 0 Å². The first-order valence-corrected chi connectivity index (χ1v) is 6.90. The Labute approximate surface area is 117 Å². The third-order valence-corrected chi connectivity index (χ3v) is 3.06. The van der Waals surface area contributed by atoms with Gasteiger partial charge in [-0.25, -0.2) is 0 Å². The molecule has 0 unspecified atom stereocenters. The number of ketones is 1. The standard InChI is InChI=1S/C17H27NO/c1-16(2,3)12-18(6)13-17(4,5)15(19)14-10-8-7-9-11-14/h7-11H,12-13H2,1-6H3. The molecule has 1 rings (SSSR count). The highest BCUT2D eigenvalue weighted by atomic mass is 16.1. The Hall–Kier alpha value is -1.15. The molecule has 0 aromatic heterocycles. The lowest BCUT2D eigenvalue weighted by molar-refractivity contribution is 0.0757. The summed E-state index contributed by atoms with van der Waals surface area (Å²) in [5, 5.41) is 0. The van der Waals surface area contributed by atoms with Crippen molar-refractivity contribution in [2.75, 3.05) is 20.1 Å². The third-order valence-electron chi connectivity index (χ3n) is 3.06. The molecule has 0 aliphatic heterocycles. The number of nitrogens with zero attached hydrogens (tertiary/aromatic N) is 1. The van der Waals surface area contributed by atoms with Crippen molar-refractivity contribution < 1.29 is 4.79 Å². The Morgan fingerprint density at radius 3 is 2.00 bits per heavy atom. The quantitative estimate of drug-likeness (QED) is 0.750. The zero-order valence-electron chi connectivity index (χ0n) is 13.2. The van der Waals surface area contributed by atoms with Gasteiger partial charge in [0.1, 0.15) is 0 Å². The second-order valence-electron chi connectivity index (χ2n) is 7.31. The third kappa shape index (κ3) is 5.15. The second-order valence-corrected chi connectivity index (χ2v) is 7.31. The van der Waals surface area contributed by atoms with Gasteiger partial charge in [-0.05, 0) is 12.5 Å². The van der Waals surface area contributed by atoms with Gasteiger partial charge in [0, 0.05) is 24.1 Å². The van der Waals surface area contributed by atoms with Crippen LogP contribution in [0.5, 0.6) is 0 Å². The van der Waals surface area contributed by atoms with Crippen LogP contribution in [0.1, 0.15) is 45.0 Å². The normalized spacial score (nSPS) is 12.8. The van der Waals surface area contributed by atoms with Gasteiger partial charge in [-0.2, -0.15) is 0 Å². The van der Waals surface area contributed by atoms with Gasteiger partial charge in [-0.1, -0.05) is 65.0 Å². The van der Waals surface area contributed by atoms with Gasteiger partial charge in [-0.15, -0.1) is 0 Å². The van der Waals surface area contributed by atoms with Crippen LogP contribution in [-0.2, 0) is 0 Å². The maximum atomic E-state index is 12.5. The fourth-order valence-electron chi connectivity index (χ4n) is 2.59. The van der Waals surface area contributed by atoms with Crippen LogP contribution in [0, 0.1) is 10.8 Å². The maximum absolute atomic E-state index is 12.5. The lowest BCUT2D eigenvalue weighted by Gasteiger charge is -2.33. The van der Waals surface area contributed by atoms with Crippen LogP contribution in [0.4, 0.5) is 0 Å². The Morgan fingerprint density at radius 2 is 1.53 bits per heavy atom. The average molecular weight is 261 g/mol. The molecule has 0 saturated carbocycles. The molecule has 0 saturated heterocycles. The van der Waals surface area contributed by atoms with Crippen molar-refractivity contribution >= 4 is 5.78 Å². The van der Waals surface area contributed by atoms with Gasteiger partial charge in [0.05, 0.1) is 0 Å². The van der Waals surface area contributed by atoms with Crippen LogP contribution in [0.3, 0.4) is 0 Å². The first-order valence-electron chi connectivity index (χ1n) is 6.90. The lowest BCUT2D eigenvalue weighted by atomic mass is 9.83. The second kappa shape index (κ2) is 5.87. The summed E-state index contributed by atoms with van der Waals surface area (Å²) in [5.41, 5.74) is 0.693. The molecule has 0 atom stereocenters. The van der Waals surface area contributed by atoms with Crippen molar-refractivity contribution in [3.8, 4) is 0 Å². The molecule has 19 heavy (non-hydrogen) atoms. The predicted molar refractivity (Wildman–Crippen MR) is 81.5 cm³/mol. The van der Waals surface area contributed by atoms with E-state index in [0.29, 0.717) is 0 Å². The molecule has 1 aromatic rings. The topological polar surface area (TPSA) is 20.3 Å². The molecule has 1 aromatic carbocycles. The van der Waals surface area contributed by atoms with E-state index >= 15 is 0 Å². The number of Topliss-reactive ketones (excluding diaryl/α,β-unsaturated/α-hetero) is 1. The summed E-state index contributed by atoms with van der Waals surface area (Å²) in [6.07, 6.45) is 0. The van der Waals surface area contributed by atoms with E-state index < -0.39 is 0 Å². The molecule has 0 fully saturated rings. The van der Waals surface area contributed by atoms with Crippen LogP contribution in [-0.4, -0.2) is 30.8 Å². The van der Waals surface area contributed by atoms with Gasteiger partial charge in [0.15, 0.2) is 5.78 Å². The van der Waals surface area contributed by atoms with Crippen LogP contribution in [0.25, 0.3) is 0 Å². The summed E-state index contributed by atoms with van der Waals surface area (Å²) >= 11 is 0. The van der Waals surface area contributed by atoms with Crippen molar-refractivity contribution in [2.24, 2.45) is 10.8 Å². The summed E-state index contributed by atoms with van der Waals surface area (Å²) in [7, 11) is 2.09. The molecule has 0 spiro atoms. The molecular formula is C17H27NO. The molecule has 0 bridgehead atoms. The SMILES string of the molecule is CN(CC(C)(C)C)CC(C)(C)C(=O)c1ccccc1. The zero-order valence-corrected chi connectivity index (χ0v) is 13.2. The average Bonchev–Trinajstić information content (AvgIpc) is 2.25. The van der Waals surface area contributed by atoms with Crippen LogP contribution >= 0.6 is 0 Å². The fourth-order valence-corrected chi connectivity index (χ4v) is 2.59. The maximum Gasteiger partial charge on any atom is 0.169 e. The molecule has 2 nitrogen and oxygen atoms in total. The Morgan fingerprint density at radius 1 is 1.00 bits per heavy atom. The van der Waals surface area contributed by atoms with E-state index in [4.69, 9.17) is 0 Å². The fraction of sp³-hybridized carbons (Fsp3) is 0.588. The van der Waals surface area contributed by atoms with Gasteiger partial charge < -0.3 is 4.90 Å². The molecule has 0 N–H and O–H groups in total. The van der Waals surface area contributed by atoms with Gasteiger partial charge in [0.2, 0.25) is 0 Å². The Kier molecular flexibility index (Phi) is 4.92. The number of carbonyl (C=O) groups is 1. The van der Waals surface area contributed by atoms with Crippen LogP contribution in [0.15, 0.2) is 30.3 Å². The number of benzene rings is 1. The van der Waals surface area contributed by atoms with Crippen molar-refractivity contribution in [1.82, 2.24) is 4.90 Å². The number of hydrogen-bond donors (Lipinski definition) is 0.